The van der Waals surface area contributed by atoms with Crippen LogP contribution in [-0.4, -0.2) is 0 Å². The molecule has 110 valence electrons. The molecule has 0 aliphatic heterocycles. The largest absolute Gasteiger partial charge is 0.0795 e. The van der Waals surface area contributed by atoms with Gasteiger partial charge in [-0.3, -0.25) is 0 Å². The third kappa shape index (κ3) is 4.46. The predicted octanol–water partition coefficient (Wildman–Crippen LogP) is 5.34. The second kappa shape index (κ2) is 7.82. The first-order chi connectivity index (χ1) is 11.4. The fraction of sp³-hybridized carbons (Fsp3) is 0.0435. The molecular weight excluding hydrogens is 276 g/mol. The second-order valence-electron chi connectivity index (χ2n) is 5.30. The summed E-state index contributed by atoms with van der Waals surface area (Å²) in [6.45, 7) is 0. The van der Waals surface area contributed by atoms with Crippen molar-refractivity contribution in [3.8, 4) is 11.8 Å². The van der Waals surface area contributed by atoms with Crippen LogP contribution >= 0.6 is 0 Å². The van der Waals surface area contributed by atoms with E-state index < -0.39 is 0 Å². The van der Waals surface area contributed by atoms with E-state index in [1.54, 1.807) is 0 Å². The van der Waals surface area contributed by atoms with Crippen LogP contribution in [0.1, 0.15) is 22.3 Å². The summed E-state index contributed by atoms with van der Waals surface area (Å²) in [5.74, 6) is 6.50. The Labute approximate surface area is 138 Å². The maximum atomic E-state index is 3.28. The minimum Gasteiger partial charge on any atom is -0.0795 e. The fourth-order valence-corrected chi connectivity index (χ4v) is 2.35. The first-order valence-corrected chi connectivity index (χ1v) is 7.78. The first-order valence-electron chi connectivity index (χ1n) is 7.78. The molecule has 0 aliphatic rings. The van der Waals surface area contributed by atoms with E-state index in [0.717, 1.165) is 23.1 Å². The molecule has 0 aliphatic carbocycles. The smallest absolute Gasteiger partial charge is 0.0321 e. The molecule has 0 fully saturated rings. The molecular formula is C23H18. The third-order valence-electron chi connectivity index (χ3n) is 3.57. The molecule has 0 radical (unpaired) electrons. The van der Waals surface area contributed by atoms with Gasteiger partial charge in [-0.15, -0.1) is 0 Å². The van der Waals surface area contributed by atoms with E-state index in [1.807, 2.05) is 42.5 Å². The van der Waals surface area contributed by atoms with E-state index in [0.29, 0.717) is 0 Å². The SMILES string of the molecule is C(#Cc1ccccc1/C=C/Cc1ccccc1)c1ccccc1. The van der Waals surface area contributed by atoms with Crippen molar-refractivity contribution in [2.24, 2.45) is 0 Å². The van der Waals surface area contributed by atoms with Crippen molar-refractivity contribution in [2.75, 3.05) is 0 Å². The normalized spacial score (nSPS) is 10.3. The summed E-state index contributed by atoms with van der Waals surface area (Å²) in [6, 6.07) is 28.8. The van der Waals surface area contributed by atoms with Gasteiger partial charge < -0.3 is 0 Å². The minimum absolute atomic E-state index is 0.932. The summed E-state index contributed by atoms with van der Waals surface area (Å²) < 4.78 is 0. The number of benzene rings is 3. The van der Waals surface area contributed by atoms with Gasteiger partial charge in [-0.25, -0.2) is 0 Å². The number of hydrogen-bond acceptors (Lipinski definition) is 0. The van der Waals surface area contributed by atoms with Gasteiger partial charge in [0.25, 0.3) is 0 Å². The topological polar surface area (TPSA) is 0 Å². The first kappa shape index (κ1) is 14.9. The van der Waals surface area contributed by atoms with E-state index in [4.69, 9.17) is 0 Å². The lowest BCUT2D eigenvalue weighted by Crippen LogP contribution is -1.83. The number of rotatable bonds is 3. The highest BCUT2D eigenvalue weighted by atomic mass is 14.0. The fourth-order valence-electron chi connectivity index (χ4n) is 2.35. The molecule has 23 heavy (non-hydrogen) atoms. The van der Waals surface area contributed by atoms with Crippen LogP contribution in [0.2, 0.25) is 0 Å². The molecule has 0 spiro atoms. The molecule has 0 N–H and O–H groups in total. The van der Waals surface area contributed by atoms with E-state index in [-0.39, 0.29) is 0 Å². The summed E-state index contributed by atoms with van der Waals surface area (Å²) in [4.78, 5) is 0. The lowest BCUT2D eigenvalue weighted by molar-refractivity contribution is 1.28. The Balaban J connectivity index is 1.77. The average Bonchev–Trinajstić information content (AvgIpc) is 2.63. The predicted molar refractivity (Wildman–Crippen MR) is 98.0 cm³/mol. The van der Waals surface area contributed by atoms with Crippen LogP contribution in [0.15, 0.2) is 91.0 Å². The van der Waals surface area contributed by atoms with Gasteiger partial charge >= 0.3 is 0 Å². The molecule has 0 heterocycles. The zero-order chi connectivity index (χ0) is 15.7. The van der Waals surface area contributed by atoms with E-state index in [1.165, 1.54) is 5.56 Å². The van der Waals surface area contributed by atoms with Gasteiger partial charge in [0.2, 0.25) is 0 Å². The minimum atomic E-state index is 0.932. The molecule has 0 bridgehead atoms. The van der Waals surface area contributed by atoms with Crippen LogP contribution in [0.25, 0.3) is 6.08 Å². The van der Waals surface area contributed by atoms with Crippen molar-refractivity contribution in [3.63, 3.8) is 0 Å². The second-order valence-corrected chi connectivity index (χ2v) is 5.30. The van der Waals surface area contributed by atoms with Crippen LogP contribution < -0.4 is 0 Å². The Morgan fingerprint density at radius 3 is 2.09 bits per heavy atom. The van der Waals surface area contributed by atoms with Crippen molar-refractivity contribution >= 4 is 6.08 Å². The van der Waals surface area contributed by atoms with Crippen LogP contribution in [-0.2, 0) is 6.42 Å². The Kier molecular flexibility index (Phi) is 5.06. The number of hydrogen-bond donors (Lipinski definition) is 0. The quantitative estimate of drug-likeness (QED) is 0.572. The van der Waals surface area contributed by atoms with Gasteiger partial charge in [-0.2, -0.15) is 0 Å². The summed E-state index contributed by atoms with van der Waals surface area (Å²) >= 11 is 0. The zero-order valence-electron chi connectivity index (χ0n) is 12.9. The van der Waals surface area contributed by atoms with Crippen LogP contribution in [0.5, 0.6) is 0 Å². The van der Waals surface area contributed by atoms with E-state index >= 15 is 0 Å². The molecule has 3 aromatic carbocycles. The molecule has 3 rings (SSSR count). The summed E-state index contributed by atoms with van der Waals surface area (Å²) in [6.07, 6.45) is 5.28. The highest BCUT2D eigenvalue weighted by Crippen LogP contribution is 2.11. The molecule has 0 atom stereocenters. The molecule has 0 heteroatoms. The van der Waals surface area contributed by atoms with Crippen molar-refractivity contribution < 1.29 is 0 Å². The van der Waals surface area contributed by atoms with Gasteiger partial charge in [0.1, 0.15) is 0 Å². The van der Waals surface area contributed by atoms with E-state index in [9.17, 15) is 0 Å². The zero-order valence-corrected chi connectivity index (χ0v) is 12.9. The Morgan fingerprint density at radius 2 is 1.30 bits per heavy atom. The Morgan fingerprint density at radius 1 is 0.652 bits per heavy atom. The third-order valence-corrected chi connectivity index (χ3v) is 3.57. The van der Waals surface area contributed by atoms with Gasteiger partial charge in [0.05, 0.1) is 0 Å². The highest BCUT2D eigenvalue weighted by molar-refractivity contribution is 5.60. The summed E-state index contributed by atoms with van der Waals surface area (Å²) in [7, 11) is 0. The maximum absolute atomic E-state index is 3.28. The molecule has 0 nitrogen and oxygen atoms in total. The maximum Gasteiger partial charge on any atom is 0.0321 e. The molecule has 0 saturated carbocycles. The van der Waals surface area contributed by atoms with E-state index in [2.05, 4.69) is 66.5 Å². The van der Waals surface area contributed by atoms with Crippen molar-refractivity contribution in [3.05, 3.63) is 113 Å². The van der Waals surface area contributed by atoms with Gasteiger partial charge in [-0.05, 0) is 35.7 Å². The molecule has 3 aromatic rings. The van der Waals surface area contributed by atoms with Crippen molar-refractivity contribution in [1.29, 1.82) is 0 Å². The van der Waals surface area contributed by atoms with Crippen LogP contribution in [0.3, 0.4) is 0 Å². The molecule has 0 aromatic heterocycles. The highest BCUT2D eigenvalue weighted by Gasteiger charge is 1.95. The molecule has 0 saturated heterocycles. The Bertz CT molecular complexity index is 831. The summed E-state index contributed by atoms with van der Waals surface area (Å²) in [5, 5.41) is 0. The Hall–Kier alpha value is -3.04. The van der Waals surface area contributed by atoms with Gasteiger partial charge in [0.15, 0.2) is 0 Å². The molecule has 0 unspecified atom stereocenters. The number of allylic oxidation sites excluding steroid dienone is 1. The van der Waals surface area contributed by atoms with Crippen LogP contribution in [0, 0.1) is 11.8 Å². The van der Waals surface area contributed by atoms with Gasteiger partial charge in [-0.1, -0.05) is 90.7 Å². The average molecular weight is 294 g/mol. The lowest BCUT2D eigenvalue weighted by atomic mass is 10.1. The standard InChI is InChI=1S/C23H18/c1-3-10-20(11-4-1)14-9-17-22-15-7-8-16-23(22)19-18-21-12-5-2-6-13-21/h1-13,15-17H,14H2/b17-9+. The van der Waals surface area contributed by atoms with Crippen LogP contribution in [0.4, 0.5) is 0 Å². The monoisotopic (exact) mass is 294 g/mol. The van der Waals surface area contributed by atoms with Gasteiger partial charge in [0, 0.05) is 11.1 Å². The van der Waals surface area contributed by atoms with Crippen molar-refractivity contribution in [2.45, 2.75) is 6.42 Å². The van der Waals surface area contributed by atoms with Crippen molar-refractivity contribution in [1.82, 2.24) is 0 Å². The summed E-state index contributed by atoms with van der Waals surface area (Å²) in [5.41, 5.74) is 4.57. The molecule has 0 amide bonds. The lowest BCUT2D eigenvalue weighted by Gasteiger charge is -1.99.